The van der Waals surface area contributed by atoms with Crippen LogP contribution in [0.3, 0.4) is 0 Å². The van der Waals surface area contributed by atoms with Crippen LogP contribution < -0.4 is 10.1 Å². The Kier molecular flexibility index (Phi) is 5.69. The molecule has 3 aromatic carbocycles. The molecule has 1 amide bonds. The zero-order valence-corrected chi connectivity index (χ0v) is 15.6. The van der Waals surface area contributed by atoms with Crippen LogP contribution in [0.1, 0.15) is 22.8 Å². The van der Waals surface area contributed by atoms with Crippen LogP contribution in [0.5, 0.6) is 5.75 Å². The van der Waals surface area contributed by atoms with Crippen molar-refractivity contribution >= 4 is 17.3 Å². The Bertz CT molecular complexity index is 985. The fraction of sp³-hybridized carbons (Fsp3) is 0.136. The second-order valence-corrected chi connectivity index (χ2v) is 6.47. The molecule has 0 aliphatic carbocycles. The largest absolute Gasteiger partial charge is 0.476 e. The molecule has 6 nitrogen and oxygen atoms in total. The van der Waals surface area contributed by atoms with E-state index >= 15 is 0 Å². The van der Waals surface area contributed by atoms with E-state index in [2.05, 4.69) is 5.32 Å². The lowest BCUT2D eigenvalue weighted by atomic mass is 10.1. The zero-order valence-electron chi connectivity index (χ0n) is 15.6. The summed E-state index contributed by atoms with van der Waals surface area (Å²) in [5.74, 6) is 0.0498. The number of carbonyl (C=O) groups excluding carboxylic acids is 1. The number of benzene rings is 3. The SMILES string of the molecule is Cc1ccc(C)c(NC(=O)[C@H](Oc2ccc([N+](=O)[O-])cc2)c2ccccc2)c1. The third-order valence-electron chi connectivity index (χ3n) is 4.29. The van der Waals surface area contributed by atoms with Crippen molar-refractivity contribution in [2.75, 3.05) is 5.32 Å². The number of nitrogens with one attached hydrogen (secondary N) is 1. The quantitative estimate of drug-likeness (QED) is 0.486. The molecule has 142 valence electrons. The topological polar surface area (TPSA) is 81.5 Å². The normalized spacial score (nSPS) is 11.5. The molecular weight excluding hydrogens is 356 g/mol. The van der Waals surface area contributed by atoms with Crippen LogP contribution >= 0.6 is 0 Å². The molecule has 0 heterocycles. The average molecular weight is 376 g/mol. The minimum atomic E-state index is -0.900. The molecule has 0 spiro atoms. The second-order valence-electron chi connectivity index (χ2n) is 6.47. The summed E-state index contributed by atoms with van der Waals surface area (Å²) < 4.78 is 5.90. The van der Waals surface area contributed by atoms with Crippen LogP contribution in [0.25, 0.3) is 0 Å². The van der Waals surface area contributed by atoms with Crippen molar-refractivity contribution in [2.45, 2.75) is 20.0 Å². The number of nitro groups is 1. The molecule has 0 fully saturated rings. The number of nitro benzene ring substituents is 1. The Morgan fingerprint density at radius 2 is 1.68 bits per heavy atom. The highest BCUT2D eigenvalue weighted by Gasteiger charge is 2.23. The van der Waals surface area contributed by atoms with E-state index in [1.165, 1.54) is 24.3 Å². The van der Waals surface area contributed by atoms with Gasteiger partial charge in [-0.3, -0.25) is 14.9 Å². The Hall–Kier alpha value is -3.67. The minimum absolute atomic E-state index is 0.0385. The number of amides is 1. The Labute approximate surface area is 162 Å². The second kappa shape index (κ2) is 8.35. The number of hydrogen-bond acceptors (Lipinski definition) is 4. The summed E-state index contributed by atoms with van der Waals surface area (Å²) in [7, 11) is 0. The lowest BCUT2D eigenvalue weighted by Crippen LogP contribution is -2.26. The van der Waals surface area contributed by atoms with Crippen molar-refractivity contribution in [3.05, 3.63) is 99.6 Å². The van der Waals surface area contributed by atoms with E-state index in [4.69, 9.17) is 4.74 Å². The highest BCUT2D eigenvalue weighted by Crippen LogP contribution is 2.26. The molecule has 0 bridgehead atoms. The molecule has 0 aromatic heterocycles. The van der Waals surface area contributed by atoms with Crippen molar-refractivity contribution in [3.8, 4) is 5.75 Å². The zero-order chi connectivity index (χ0) is 20.1. The van der Waals surface area contributed by atoms with Gasteiger partial charge < -0.3 is 10.1 Å². The van der Waals surface area contributed by atoms with E-state index in [1.807, 2.05) is 50.2 Å². The summed E-state index contributed by atoms with van der Waals surface area (Å²) in [5.41, 5.74) is 3.35. The summed E-state index contributed by atoms with van der Waals surface area (Å²) >= 11 is 0. The highest BCUT2D eigenvalue weighted by atomic mass is 16.6. The van der Waals surface area contributed by atoms with Gasteiger partial charge in [-0.2, -0.15) is 0 Å². The maximum Gasteiger partial charge on any atom is 0.270 e. The van der Waals surface area contributed by atoms with Gasteiger partial charge in [0.1, 0.15) is 5.75 Å². The predicted octanol–water partition coefficient (Wildman–Crippen LogP) is 4.97. The summed E-state index contributed by atoms with van der Waals surface area (Å²) in [5, 5.41) is 13.8. The van der Waals surface area contributed by atoms with E-state index in [-0.39, 0.29) is 11.6 Å². The molecule has 1 atom stereocenters. The number of anilines is 1. The smallest absolute Gasteiger partial charge is 0.270 e. The van der Waals surface area contributed by atoms with E-state index in [0.717, 1.165) is 16.8 Å². The maximum atomic E-state index is 13.0. The Morgan fingerprint density at radius 3 is 2.32 bits per heavy atom. The van der Waals surface area contributed by atoms with Gasteiger partial charge in [0.15, 0.2) is 0 Å². The van der Waals surface area contributed by atoms with E-state index < -0.39 is 11.0 Å². The van der Waals surface area contributed by atoms with Crippen molar-refractivity contribution in [2.24, 2.45) is 0 Å². The summed E-state index contributed by atoms with van der Waals surface area (Å²) in [6.07, 6.45) is -0.900. The molecule has 0 saturated heterocycles. The number of rotatable bonds is 6. The lowest BCUT2D eigenvalue weighted by Gasteiger charge is -2.20. The number of hydrogen-bond donors (Lipinski definition) is 1. The van der Waals surface area contributed by atoms with Crippen LogP contribution in [0.4, 0.5) is 11.4 Å². The highest BCUT2D eigenvalue weighted by molar-refractivity contribution is 5.95. The third-order valence-corrected chi connectivity index (χ3v) is 4.29. The summed E-state index contributed by atoms with van der Waals surface area (Å²) in [6, 6.07) is 20.6. The molecule has 28 heavy (non-hydrogen) atoms. The predicted molar refractivity (Wildman–Crippen MR) is 107 cm³/mol. The number of non-ortho nitro benzene ring substituents is 1. The molecule has 6 heteroatoms. The molecule has 0 unspecified atom stereocenters. The molecule has 1 N–H and O–H groups in total. The van der Waals surface area contributed by atoms with Crippen LogP contribution in [0, 0.1) is 24.0 Å². The first-order valence-corrected chi connectivity index (χ1v) is 8.78. The van der Waals surface area contributed by atoms with Gasteiger partial charge in [-0.1, -0.05) is 42.5 Å². The van der Waals surface area contributed by atoms with Gasteiger partial charge in [0.25, 0.3) is 11.6 Å². The summed E-state index contributed by atoms with van der Waals surface area (Å²) in [4.78, 5) is 23.4. The van der Waals surface area contributed by atoms with Crippen molar-refractivity contribution in [1.82, 2.24) is 0 Å². The van der Waals surface area contributed by atoms with Crippen molar-refractivity contribution < 1.29 is 14.5 Å². The van der Waals surface area contributed by atoms with Crippen LogP contribution in [-0.2, 0) is 4.79 Å². The molecule has 0 aliphatic rings. The van der Waals surface area contributed by atoms with Gasteiger partial charge in [0, 0.05) is 23.4 Å². The standard InChI is InChI=1S/C22H20N2O4/c1-15-8-9-16(2)20(14-15)23-22(25)21(17-6-4-3-5-7-17)28-19-12-10-18(11-13-19)24(26)27/h3-14,21H,1-2H3,(H,23,25)/t21-/m1/s1. The molecule has 3 rings (SSSR count). The first-order valence-electron chi connectivity index (χ1n) is 8.78. The van der Waals surface area contributed by atoms with Gasteiger partial charge in [0.2, 0.25) is 6.10 Å². The number of nitrogens with zero attached hydrogens (tertiary/aromatic N) is 1. The number of aryl methyl sites for hydroxylation is 2. The summed E-state index contributed by atoms with van der Waals surface area (Å²) in [6.45, 7) is 3.88. The number of ether oxygens (including phenoxy) is 1. The van der Waals surface area contributed by atoms with Crippen LogP contribution in [0.2, 0.25) is 0 Å². The minimum Gasteiger partial charge on any atom is -0.476 e. The lowest BCUT2D eigenvalue weighted by molar-refractivity contribution is -0.384. The van der Waals surface area contributed by atoms with Gasteiger partial charge in [-0.25, -0.2) is 0 Å². The Morgan fingerprint density at radius 1 is 1.00 bits per heavy atom. The van der Waals surface area contributed by atoms with Gasteiger partial charge >= 0.3 is 0 Å². The van der Waals surface area contributed by atoms with E-state index in [0.29, 0.717) is 11.3 Å². The monoisotopic (exact) mass is 376 g/mol. The molecule has 0 saturated carbocycles. The molecule has 3 aromatic rings. The van der Waals surface area contributed by atoms with Crippen molar-refractivity contribution in [1.29, 1.82) is 0 Å². The van der Waals surface area contributed by atoms with E-state index in [9.17, 15) is 14.9 Å². The molecular formula is C22H20N2O4. The molecule has 0 aliphatic heterocycles. The average Bonchev–Trinajstić information content (AvgIpc) is 2.70. The van der Waals surface area contributed by atoms with Crippen LogP contribution in [-0.4, -0.2) is 10.8 Å². The fourth-order valence-corrected chi connectivity index (χ4v) is 2.75. The van der Waals surface area contributed by atoms with Gasteiger partial charge in [-0.05, 0) is 43.2 Å². The van der Waals surface area contributed by atoms with Crippen molar-refractivity contribution in [3.63, 3.8) is 0 Å². The first-order chi connectivity index (χ1) is 13.4. The first kappa shape index (κ1) is 19.1. The maximum absolute atomic E-state index is 13.0. The Balaban J connectivity index is 1.87. The van der Waals surface area contributed by atoms with Gasteiger partial charge in [-0.15, -0.1) is 0 Å². The molecule has 0 radical (unpaired) electrons. The fourth-order valence-electron chi connectivity index (χ4n) is 2.75. The van der Waals surface area contributed by atoms with Gasteiger partial charge in [0.05, 0.1) is 4.92 Å². The third kappa shape index (κ3) is 4.54. The number of carbonyl (C=O) groups is 1. The van der Waals surface area contributed by atoms with E-state index in [1.54, 1.807) is 12.1 Å². The van der Waals surface area contributed by atoms with Crippen LogP contribution in [0.15, 0.2) is 72.8 Å².